The summed E-state index contributed by atoms with van der Waals surface area (Å²) in [6, 6.07) is 15.8. The quantitative estimate of drug-likeness (QED) is 0.466. The van der Waals surface area contributed by atoms with E-state index in [9.17, 15) is 9.18 Å². The first kappa shape index (κ1) is 19.9. The van der Waals surface area contributed by atoms with Crippen LogP contribution in [0.4, 0.5) is 4.39 Å². The molecule has 0 saturated carbocycles. The maximum atomic E-state index is 13.2. The van der Waals surface area contributed by atoms with Gasteiger partial charge in [0.15, 0.2) is 5.16 Å². The monoisotopic (exact) mass is 398 g/mol. The molecule has 0 aliphatic carbocycles. The Hall–Kier alpha value is -2.80. The molecule has 7 heteroatoms. The number of halogens is 1. The van der Waals surface area contributed by atoms with Gasteiger partial charge in [-0.2, -0.15) is 0 Å². The molecule has 3 aromatic rings. The van der Waals surface area contributed by atoms with Crippen LogP contribution >= 0.6 is 11.8 Å². The molecule has 1 atom stereocenters. The maximum Gasteiger partial charge on any atom is 0.230 e. The average Bonchev–Trinajstić information content (AvgIpc) is 3.06. The first-order chi connectivity index (χ1) is 13.4. The SMILES string of the molecule is CC(C)C(NC(=O)CSc1nc(-c2ccccc2)cn1N)c1ccc(F)cc1. The average molecular weight is 399 g/mol. The van der Waals surface area contributed by atoms with E-state index in [4.69, 9.17) is 5.84 Å². The fourth-order valence-corrected chi connectivity index (χ4v) is 3.59. The number of nitrogens with two attached hydrogens (primary N) is 1. The zero-order chi connectivity index (χ0) is 20.1. The van der Waals surface area contributed by atoms with Crippen LogP contribution in [0.3, 0.4) is 0 Å². The number of benzene rings is 2. The van der Waals surface area contributed by atoms with Crippen LogP contribution in [0, 0.1) is 11.7 Å². The zero-order valence-corrected chi connectivity index (χ0v) is 16.6. The number of thioether (sulfide) groups is 1. The fraction of sp³-hybridized carbons (Fsp3) is 0.238. The molecule has 1 aromatic heterocycles. The van der Waals surface area contributed by atoms with Gasteiger partial charge >= 0.3 is 0 Å². The summed E-state index contributed by atoms with van der Waals surface area (Å²) in [5.74, 6) is 5.92. The predicted molar refractivity (Wildman–Crippen MR) is 111 cm³/mol. The number of hydrogen-bond donors (Lipinski definition) is 2. The third-order valence-electron chi connectivity index (χ3n) is 4.31. The number of hydrogen-bond acceptors (Lipinski definition) is 4. The van der Waals surface area contributed by atoms with Crippen LogP contribution in [0.25, 0.3) is 11.3 Å². The Labute approximate surface area is 168 Å². The van der Waals surface area contributed by atoms with Gasteiger partial charge in [0.1, 0.15) is 5.82 Å². The van der Waals surface area contributed by atoms with Gasteiger partial charge in [-0.15, -0.1) is 0 Å². The highest BCUT2D eigenvalue weighted by Crippen LogP contribution is 2.24. The van der Waals surface area contributed by atoms with Crippen LogP contribution in [-0.2, 0) is 4.79 Å². The smallest absolute Gasteiger partial charge is 0.230 e. The van der Waals surface area contributed by atoms with E-state index >= 15 is 0 Å². The Kier molecular flexibility index (Phi) is 6.36. The minimum atomic E-state index is -0.294. The van der Waals surface area contributed by atoms with Gasteiger partial charge < -0.3 is 11.2 Å². The Morgan fingerprint density at radius 3 is 2.50 bits per heavy atom. The first-order valence-electron chi connectivity index (χ1n) is 9.01. The number of nitrogens with one attached hydrogen (secondary N) is 1. The van der Waals surface area contributed by atoms with Crippen LogP contribution in [0.15, 0.2) is 66.0 Å². The minimum Gasteiger partial charge on any atom is -0.348 e. The summed E-state index contributed by atoms with van der Waals surface area (Å²) >= 11 is 1.28. The third kappa shape index (κ3) is 4.92. The largest absolute Gasteiger partial charge is 0.348 e. The van der Waals surface area contributed by atoms with Crippen molar-refractivity contribution < 1.29 is 9.18 Å². The van der Waals surface area contributed by atoms with Gasteiger partial charge in [0, 0.05) is 5.56 Å². The van der Waals surface area contributed by atoms with Crippen molar-refractivity contribution in [2.24, 2.45) is 5.92 Å². The lowest BCUT2D eigenvalue weighted by atomic mass is 9.96. The summed E-state index contributed by atoms with van der Waals surface area (Å²) in [6.45, 7) is 4.03. The van der Waals surface area contributed by atoms with E-state index in [1.165, 1.54) is 28.6 Å². The van der Waals surface area contributed by atoms with Crippen LogP contribution < -0.4 is 11.2 Å². The number of carbonyl (C=O) groups excluding carboxylic acids is 1. The second-order valence-corrected chi connectivity index (χ2v) is 7.75. The summed E-state index contributed by atoms with van der Waals surface area (Å²) in [6.07, 6.45) is 1.74. The molecule has 3 rings (SSSR count). The summed E-state index contributed by atoms with van der Waals surface area (Å²) in [7, 11) is 0. The van der Waals surface area contributed by atoms with E-state index in [-0.39, 0.29) is 29.4 Å². The molecule has 0 fully saturated rings. The van der Waals surface area contributed by atoms with E-state index in [2.05, 4.69) is 10.3 Å². The van der Waals surface area contributed by atoms with Gasteiger partial charge in [-0.1, -0.05) is 68.1 Å². The highest BCUT2D eigenvalue weighted by atomic mass is 32.2. The molecule has 0 saturated heterocycles. The summed E-state index contributed by atoms with van der Waals surface area (Å²) in [4.78, 5) is 17.0. The molecule has 1 amide bonds. The molecular formula is C21H23FN4OS. The highest BCUT2D eigenvalue weighted by molar-refractivity contribution is 7.99. The van der Waals surface area contributed by atoms with Crippen molar-refractivity contribution in [2.45, 2.75) is 25.0 Å². The van der Waals surface area contributed by atoms with Crippen molar-refractivity contribution in [1.29, 1.82) is 0 Å². The summed E-state index contributed by atoms with van der Waals surface area (Å²) in [5.41, 5.74) is 2.60. The minimum absolute atomic E-state index is 0.128. The van der Waals surface area contributed by atoms with Gasteiger partial charge in [-0.25, -0.2) is 14.1 Å². The molecule has 3 N–H and O–H groups in total. The van der Waals surface area contributed by atoms with Crippen molar-refractivity contribution in [2.75, 3.05) is 11.6 Å². The van der Waals surface area contributed by atoms with Crippen molar-refractivity contribution in [3.8, 4) is 11.3 Å². The second-order valence-electron chi connectivity index (χ2n) is 6.81. The van der Waals surface area contributed by atoms with Gasteiger partial charge in [-0.05, 0) is 23.6 Å². The van der Waals surface area contributed by atoms with Crippen LogP contribution in [0.1, 0.15) is 25.5 Å². The predicted octanol–water partition coefficient (Wildman–Crippen LogP) is 4.01. The van der Waals surface area contributed by atoms with Gasteiger partial charge in [-0.3, -0.25) is 4.79 Å². The van der Waals surface area contributed by atoms with Crippen LogP contribution in [0.2, 0.25) is 0 Å². The normalized spacial score (nSPS) is 12.1. The van der Waals surface area contributed by atoms with E-state index in [1.54, 1.807) is 18.3 Å². The molecule has 0 radical (unpaired) electrons. The molecule has 0 aliphatic rings. The van der Waals surface area contributed by atoms with Crippen LogP contribution in [0.5, 0.6) is 0 Å². The lowest BCUT2D eigenvalue weighted by Crippen LogP contribution is -2.33. The molecule has 1 unspecified atom stereocenters. The molecule has 0 spiro atoms. The third-order valence-corrected chi connectivity index (χ3v) is 5.28. The van der Waals surface area contributed by atoms with E-state index in [1.807, 2.05) is 44.2 Å². The lowest BCUT2D eigenvalue weighted by Gasteiger charge is -2.23. The maximum absolute atomic E-state index is 13.2. The Balaban J connectivity index is 1.63. The number of amides is 1. The van der Waals surface area contributed by atoms with E-state index in [0.29, 0.717) is 5.16 Å². The molecule has 2 aromatic carbocycles. The zero-order valence-electron chi connectivity index (χ0n) is 15.8. The number of aromatic nitrogens is 2. The molecule has 0 aliphatic heterocycles. The summed E-state index contributed by atoms with van der Waals surface area (Å²) in [5, 5.41) is 3.59. The molecule has 0 bridgehead atoms. The highest BCUT2D eigenvalue weighted by Gasteiger charge is 2.19. The number of imidazole rings is 1. The van der Waals surface area contributed by atoms with Crippen molar-refractivity contribution in [1.82, 2.24) is 15.0 Å². The Bertz CT molecular complexity index is 925. The molecule has 28 heavy (non-hydrogen) atoms. The van der Waals surface area contributed by atoms with Gasteiger partial charge in [0.2, 0.25) is 5.91 Å². The standard InChI is InChI=1S/C21H23FN4OS/c1-14(2)20(16-8-10-17(22)11-9-16)25-19(27)13-28-21-24-18(12-26(21)23)15-6-4-3-5-7-15/h3-12,14,20H,13,23H2,1-2H3,(H,25,27). The lowest BCUT2D eigenvalue weighted by molar-refractivity contribution is -0.119. The topological polar surface area (TPSA) is 72.9 Å². The van der Waals surface area contributed by atoms with Gasteiger partial charge in [0.25, 0.3) is 0 Å². The Morgan fingerprint density at radius 2 is 1.86 bits per heavy atom. The van der Waals surface area contributed by atoms with E-state index in [0.717, 1.165) is 16.8 Å². The number of nitrogens with zero attached hydrogens (tertiary/aromatic N) is 2. The molecule has 146 valence electrons. The summed E-state index contributed by atoms with van der Waals surface area (Å²) < 4.78 is 14.6. The van der Waals surface area contributed by atoms with Crippen molar-refractivity contribution in [3.63, 3.8) is 0 Å². The number of carbonyl (C=O) groups is 1. The van der Waals surface area contributed by atoms with Crippen LogP contribution in [-0.4, -0.2) is 21.3 Å². The van der Waals surface area contributed by atoms with Crippen molar-refractivity contribution >= 4 is 17.7 Å². The molecule has 1 heterocycles. The van der Waals surface area contributed by atoms with E-state index < -0.39 is 0 Å². The first-order valence-corrected chi connectivity index (χ1v) is 10.00. The second kappa shape index (κ2) is 8.93. The molecule has 5 nitrogen and oxygen atoms in total. The van der Waals surface area contributed by atoms with Gasteiger partial charge in [0.05, 0.1) is 23.7 Å². The Morgan fingerprint density at radius 1 is 1.18 bits per heavy atom. The number of rotatable bonds is 7. The fourth-order valence-electron chi connectivity index (χ4n) is 2.88. The molecular weight excluding hydrogens is 375 g/mol. The number of nitrogen functional groups attached to an aromatic ring is 1. The van der Waals surface area contributed by atoms with Crippen molar-refractivity contribution in [3.05, 3.63) is 72.2 Å².